The molecule has 2 aromatic heterocycles. The first-order valence-electron chi connectivity index (χ1n) is 11.7. The summed E-state index contributed by atoms with van der Waals surface area (Å²) in [6, 6.07) is 7.26. The zero-order valence-electron chi connectivity index (χ0n) is 19.0. The summed E-state index contributed by atoms with van der Waals surface area (Å²) in [4.78, 5) is 14.1. The molecular formula is C24H27Cl2N7O. The molecule has 0 bridgehead atoms. The molecule has 5 rings (SSSR count). The molecule has 10 heteroatoms. The Labute approximate surface area is 208 Å². The number of likely N-dealkylation sites (tertiary alicyclic amines) is 1. The Morgan fingerprint density at radius 3 is 2.79 bits per heavy atom. The van der Waals surface area contributed by atoms with Crippen molar-refractivity contribution in [2.45, 2.75) is 25.8 Å². The fourth-order valence-corrected chi connectivity index (χ4v) is 5.75. The van der Waals surface area contributed by atoms with Crippen molar-refractivity contribution in [2.75, 3.05) is 44.2 Å². The minimum absolute atomic E-state index is 0.219. The van der Waals surface area contributed by atoms with Gasteiger partial charge < -0.3 is 14.9 Å². The smallest absolute Gasteiger partial charge is 0.190 e. The fourth-order valence-electron chi connectivity index (χ4n) is 5.19. The van der Waals surface area contributed by atoms with Crippen LogP contribution < -0.4 is 4.90 Å². The quantitative estimate of drug-likeness (QED) is 0.551. The van der Waals surface area contributed by atoms with Gasteiger partial charge in [-0.15, -0.1) is 0 Å². The Hall–Kier alpha value is -2.44. The van der Waals surface area contributed by atoms with Gasteiger partial charge in [0.1, 0.15) is 17.4 Å². The van der Waals surface area contributed by atoms with Gasteiger partial charge in [-0.2, -0.15) is 10.4 Å². The Balaban J connectivity index is 1.38. The van der Waals surface area contributed by atoms with Crippen LogP contribution in [0.1, 0.15) is 37.1 Å². The first kappa shape index (κ1) is 23.3. The Kier molecular flexibility index (Phi) is 6.63. The zero-order valence-corrected chi connectivity index (χ0v) is 20.5. The topological polar surface area (TPSA) is 94.1 Å². The molecule has 0 amide bonds. The minimum Gasteiger partial charge on any atom is -0.395 e. The molecule has 0 radical (unpaired) electrons. The molecular weight excluding hydrogens is 473 g/mol. The van der Waals surface area contributed by atoms with Crippen LogP contribution >= 0.6 is 23.2 Å². The highest BCUT2D eigenvalue weighted by molar-refractivity contribution is 6.35. The number of piperidine rings is 1. The molecule has 2 fully saturated rings. The maximum atomic E-state index is 9.60. The van der Waals surface area contributed by atoms with Gasteiger partial charge in [0, 0.05) is 36.2 Å². The molecule has 0 unspecified atom stereocenters. The molecule has 2 aliphatic heterocycles. The third-order valence-corrected chi connectivity index (χ3v) is 7.70. The molecule has 0 spiro atoms. The molecule has 0 saturated carbocycles. The number of rotatable bonds is 6. The molecule has 1 aromatic carbocycles. The number of fused-ring (bicyclic) bond motifs is 1. The number of aromatic nitrogens is 4. The van der Waals surface area contributed by atoms with E-state index < -0.39 is 0 Å². The molecule has 0 aliphatic carbocycles. The van der Waals surface area contributed by atoms with Gasteiger partial charge in [0.2, 0.25) is 0 Å². The van der Waals surface area contributed by atoms with Crippen LogP contribution in [-0.4, -0.2) is 69.1 Å². The number of benzene rings is 1. The van der Waals surface area contributed by atoms with Gasteiger partial charge in [0.15, 0.2) is 11.3 Å². The highest BCUT2D eigenvalue weighted by atomic mass is 35.5. The summed E-state index contributed by atoms with van der Waals surface area (Å²) in [5.41, 5.74) is 2.16. The standard InChI is InChI=1S/C24H27Cl2N7O/c1-15(19-5-4-18(25)9-20(19)26)33-24-23(21(10-27)30-33)28-11-22(29-24)32-13-17(14-32)16-3-2-6-31(12-16)7-8-34/h4-5,9,11,15-17,34H,2-3,6-8,12-14H2,1H3/t15-,16+/m1/s1. The molecule has 1 N–H and O–H groups in total. The molecule has 2 atom stereocenters. The zero-order chi connectivity index (χ0) is 23.8. The van der Waals surface area contributed by atoms with Crippen LogP contribution in [0.4, 0.5) is 5.82 Å². The molecule has 2 aliphatic rings. The van der Waals surface area contributed by atoms with Gasteiger partial charge >= 0.3 is 0 Å². The van der Waals surface area contributed by atoms with Gasteiger partial charge in [-0.3, -0.25) is 0 Å². The van der Waals surface area contributed by atoms with E-state index >= 15 is 0 Å². The Morgan fingerprint density at radius 2 is 2.06 bits per heavy atom. The Morgan fingerprint density at radius 1 is 1.24 bits per heavy atom. The summed E-state index contributed by atoms with van der Waals surface area (Å²) in [5, 5.41) is 24.5. The summed E-state index contributed by atoms with van der Waals surface area (Å²) in [6.45, 7) is 6.97. The number of aliphatic hydroxyl groups excluding tert-OH is 1. The van der Waals surface area contributed by atoms with E-state index in [1.807, 2.05) is 13.0 Å². The van der Waals surface area contributed by atoms with Crippen molar-refractivity contribution in [2.24, 2.45) is 11.8 Å². The fraction of sp³-hybridized carbons (Fsp3) is 0.500. The summed E-state index contributed by atoms with van der Waals surface area (Å²) in [6.07, 6.45) is 4.17. The van der Waals surface area contributed by atoms with Crippen LogP contribution in [0.25, 0.3) is 11.2 Å². The van der Waals surface area contributed by atoms with Gasteiger partial charge in [0.05, 0.1) is 18.8 Å². The van der Waals surface area contributed by atoms with Gasteiger partial charge in [-0.25, -0.2) is 14.6 Å². The van der Waals surface area contributed by atoms with Crippen LogP contribution in [0.2, 0.25) is 10.0 Å². The number of β-amino-alcohol motifs (C(OH)–C–C–N with tert-alkyl or cyclic N) is 1. The first-order chi connectivity index (χ1) is 16.5. The van der Waals surface area contributed by atoms with Crippen molar-refractivity contribution in [3.05, 3.63) is 45.7 Å². The second-order valence-electron chi connectivity index (χ2n) is 9.24. The normalized spacial score (nSPS) is 20.3. The number of hydrogen-bond acceptors (Lipinski definition) is 7. The lowest BCUT2D eigenvalue weighted by Crippen LogP contribution is -2.54. The molecule has 178 valence electrons. The lowest BCUT2D eigenvalue weighted by atomic mass is 9.80. The van der Waals surface area contributed by atoms with Gasteiger partial charge in [-0.05, 0) is 55.8 Å². The van der Waals surface area contributed by atoms with E-state index in [1.54, 1.807) is 23.0 Å². The van der Waals surface area contributed by atoms with Crippen molar-refractivity contribution >= 4 is 40.2 Å². The Bertz CT molecular complexity index is 1230. The maximum Gasteiger partial charge on any atom is 0.190 e. The van der Waals surface area contributed by atoms with Crippen LogP contribution in [-0.2, 0) is 0 Å². The average Bonchev–Trinajstić information content (AvgIpc) is 3.16. The largest absolute Gasteiger partial charge is 0.395 e. The lowest BCUT2D eigenvalue weighted by Gasteiger charge is -2.47. The van der Waals surface area contributed by atoms with Gasteiger partial charge in [0.25, 0.3) is 0 Å². The molecule has 8 nitrogen and oxygen atoms in total. The van der Waals surface area contributed by atoms with Crippen molar-refractivity contribution in [1.82, 2.24) is 24.6 Å². The van der Waals surface area contributed by atoms with Crippen LogP contribution in [0.3, 0.4) is 0 Å². The predicted molar refractivity (Wildman–Crippen MR) is 132 cm³/mol. The van der Waals surface area contributed by atoms with E-state index in [2.05, 4.69) is 26.0 Å². The van der Waals surface area contributed by atoms with Crippen LogP contribution in [0, 0.1) is 23.2 Å². The molecule has 2 saturated heterocycles. The number of nitrogens with zero attached hydrogens (tertiary/aromatic N) is 7. The number of aliphatic hydroxyl groups is 1. The van der Waals surface area contributed by atoms with E-state index in [4.69, 9.17) is 28.2 Å². The second kappa shape index (κ2) is 9.67. The maximum absolute atomic E-state index is 9.60. The third kappa shape index (κ3) is 4.34. The minimum atomic E-state index is -0.247. The van der Waals surface area contributed by atoms with Crippen molar-refractivity contribution in [3.63, 3.8) is 0 Å². The van der Waals surface area contributed by atoms with Crippen LogP contribution in [0.5, 0.6) is 0 Å². The molecule has 4 heterocycles. The molecule has 3 aromatic rings. The second-order valence-corrected chi connectivity index (χ2v) is 10.1. The first-order valence-corrected chi connectivity index (χ1v) is 12.4. The number of hydrogen-bond donors (Lipinski definition) is 1. The predicted octanol–water partition coefficient (Wildman–Crippen LogP) is 3.75. The summed E-state index contributed by atoms with van der Waals surface area (Å²) in [7, 11) is 0. The highest BCUT2D eigenvalue weighted by Crippen LogP contribution is 2.35. The monoisotopic (exact) mass is 499 g/mol. The number of anilines is 1. The third-order valence-electron chi connectivity index (χ3n) is 7.13. The number of nitriles is 1. The highest BCUT2D eigenvalue weighted by Gasteiger charge is 2.36. The van der Waals surface area contributed by atoms with E-state index in [0.29, 0.717) is 33.0 Å². The van der Waals surface area contributed by atoms with Crippen molar-refractivity contribution < 1.29 is 5.11 Å². The van der Waals surface area contributed by atoms with E-state index in [9.17, 15) is 10.4 Å². The van der Waals surface area contributed by atoms with Crippen molar-refractivity contribution in [3.8, 4) is 6.07 Å². The SMILES string of the molecule is C[C@H](c1ccc(Cl)cc1Cl)n1nc(C#N)c2ncc(N3CC([C@H]4CCCN(CCO)C4)C3)nc21. The molecule has 34 heavy (non-hydrogen) atoms. The van der Waals surface area contributed by atoms with Crippen molar-refractivity contribution in [1.29, 1.82) is 5.26 Å². The lowest BCUT2D eigenvalue weighted by molar-refractivity contribution is 0.101. The van der Waals surface area contributed by atoms with E-state index in [-0.39, 0.29) is 18.3 Å². The van der Waals surface area contributed by atoms with E-state index in [0.717, 1.165) is 44.1 Å². The van der Waals surface area contributed by atoms with Crippen LogP contribution in [0.15, 0.2) is 24.4 Å². The van der Waals surface area contributed by atoms with Gasteiger partial charge in [-0.1, -0.05) is 29.3 Å². The summed E-state index contributed by atoms with van der Waals surface area (Å²) >= 11 is 12.5. The number of halogens is 2. The summed E-state index contributed by atoms with van der Waals surface area (Å²) < 4.78 is 1.73. The van der Waals surface area contributed by atoms with E-state index in [1.165, 1.54) is 12.8 Å². The summed E-state index contributed by atoms with van der Waals surface area (Å²) in [5.74, 6) is 2.06. The average molecular weight is 500 g/mol.